The number of nitrogens with zero attached hydrogens (tertiary/aromatic N) is 1. The van der Waals surface area contributed by atoms with Crippen LogP contribution in [0.25, 0.3) is 0 Å². The zero-order chi connectivity index (χ0) is 13.2. The van der Waals surface area contributed by atoms with Crippen molar-refractivity contribution in [2.75, 3.05) is 26.7 Å². The topological polar surface area (TPSA) is 32.3 Å². The van der Waals surface area contributed by atoms with Gasteiger partial charge in [-0.2, -0.15) is 0 Å². The molecule has 0 radical (unpaired) electrons. The van der Waals surface area contributed by atoms with Gasteiger partial charge >= 0.3 is 0 Å². The second kappa shape index (κ2) is 8.70. The number of hydrogen-bond donors (Lipinski definition) is 1. The van der Waals surface area contributed by atoms with E-state index in [0.29, 0.717) is 6.54 Å². The summed E-state index contributed by atoms with van der Waals surface area (Å²) in [5, 5.41) is 3.13. The molecule has 1 N–H and O–H groups in total. The second-order valence-corrected chi connectivity index (χ2v) is 4.58. The number of benzene rings is 1. The van der Waals surface area contributed by atoms with Crippen molar-refractivity contribution >= 4 is 5.91 Å². The number of carbonyl (C=O) groups excluding carboxylic acids is 1. The van der Waals surface area contributed by atoms with Gasteiger partial charge in [-0.1, -0.05) is 37.3 Å². The zero-order valence-corrected chi connectivity index (χ0v) is 11.5. The zero-order valence-electron chi connectivity index (χ0n) is 11.5. The third-order valence-electron chi connectivity index (χ3n) is 2.93. The summed E-state index contributed by atoms with van der Waals surface area (Å²) < 4.78 is 0. The molecule has 100 valence electrons. The van der Waals surface area contributed by atoms with Crippen LogP contribution in [0.2, 0.25) is 0 Å². The highest BCUT2D eigenvalue weighted by Crippen LogP contribution is 2.02. The molecule has 0 atom stereocenters. The van der Waals surface area contributed by atoms with Crippen LogP contribution in [0.4, 0.5) is 0 Å². The third-order valence-corrected chi connectivity index (χ3v) is 2.93. The van der Waals surface area contributed by atoms with Crippen molar-refractivity contribution in [2.24, 2.45) is 0 Å². The minimum atomic E-state index is 0.177. The van der Waals surface area contributed by atoms with Crippen LogP contribution >= 0.6 is 0 Å². The van der Waals surface area contributed by atoms with Crippen LogP contribution in [-0.2, 0) is 11.2 Å². The van der Waals surface area contributed by atoms with Crippen molar-refractivity contribution in [1.29, 1.82) is 0 Å². The fourth-order valence-corrected chi connectivity index (χ4v) is 1.80. The highest BCUT2D eigenvalue weighted by atomic mass is 16.2. The van der Waals surface area contributed by atoms with Crippen LogP contribution in [0.3, 0.4) is 0 Å². The van der Waals surface area contributed by atoms with Crippen LogP contribution in [0.5, 0.6) is 0 Å². The smallest absolute Gasteiger partial charge is 0.236 e. The van der Waals surface area contributed by atoms with Crippen molar-refractivity contribution < 1.29 is 4.79 Å². The molecule has 0 saturated heterocycles. The largest absolute Gasteiger partial charge is 0.345 e. The lowest BCUT2D eigenvalue weighted by Crippen LogP contribution is -2.36. The molecule has 1 rings (SSSR count). The number of amides is 1. The maximum atomic E-state index is 11.7. The summed E-state index contributed by atoms with van der Waals surface area (Å²) in [5.74, 6) is 0.177. The Morgan fingerprint density at radius 1 is 1.28 bits per heavy atom. The van der Waals surface area contributed by atoms with Gasteiger partial charge in [0.2, 0.25) is 5.91 Å². The molecule has 0 aromatic heterocycles. The minimum Gasteiger partial charge on any atom is -0.345 e. The van der Waals surface area contributed by atoms with E-state index in [0.717, 1.165) is 32.4 Å². The maximum absolute atomic E-state index is 11.7. The van der Waals surface area contributed by atoms with Crippen molar-refractivity contribution in [3.05, 3.63) is 35.9 Å². The molecule has 1 aromatic carbocycles. The molecule has 1 aromatic rings. The van der Waals surface area contributed by atoms with Crippen LogP contribution < -0.4 is 5.32 Å². The van der Waals surface area contributed by atoms with Crippen LogP contribution in [0, 0.1) is 0 Å². The Labute approximate surface area is 110 Å². The van der Waals surface area contributed by atoms with Gasteiger partial charge in [-0.25, -0.2) is 0 Å². The molecule has 0 spiro atoms. The summed E-state index contributed by atoms with van der Waals surface area (Å²) in [6, 6.07) is 10.4. The normalized spacial score (nSPS) is 10.3. The van der Waals surface area contributed by atoms with E-state index >= 15 is 0 Å². The Kier molecular flexibility index (Phi) is 7.11. The predicted octanol–water partition coefficient (Wildman–Crippen LogP) is 2.08. The van der Waals surface area contributed by atoms with Gasteiger partial charge in [0.1, 0.15) is 0 Å². The quantitative estimate of drug-likeness (QED) is 0.714. The highest BCUT2D eigenvalue weighted by Gasteiger charge is 2.06. The van der Waals surface area contributed by atoms with Gasteiger partial charge < -0.3 is 10.2 Å². The summed E-state index contributed by atoms with van der Waals surface area (Å²) in [6.45, 7) is 4.28. The van der Waals surface area contributed by atoms with Crippen LogP contribution in [-0.4, -0.2) is 37.5 Å². The van der Waals surface area contributed by atoms with E-state index in [1.807, 2.05) is 18.0 Å². The number of hydrogen-bond acceptors (Lipinski definition) is 2. The molecule has 0 aliphatic rings. The van der Waals surface area contributed by atoms with Crippen LogP contribution in [0.1, 0.15) is 25.3 Å². The first-order valence-corrected chi connectivity index (χ1v) is 6.72. The van der Waals surface area contributed by atoms with E-state index in [9.17, 15) is 4.79 Å². The first-order chi connectivity index (χ1) is 8.74. The Morgan fingerprint density at radius 2 is 2.00 bits per heavy atom. The van der Waals surface area contributed by atoms with E-state index < -0.39 is 0 Å². The Bertz CT molecular complexity index is 338. The van der Waals surface area contributed by atoms with Crippen molar-refractivity contribution in [3.63, 3.8) is 0 Å². The average molecular weight is 248 g/mol. The maximum Gasteiger partial charge on any atom is 0.236 e. The third kappa shape index (κ3) is 5.82. The van der Waals surface area contributed by atoms with Gasteiger partial charge in [0, 0.05) is 13.6 Å². The number of aryl methyl sites for hydroxylation is 1. The SMILES string of the molecule is CCCNCC(=O)N(C)CCCc1ccccc1. The minimum absolute atomic E-state index is 0.177. The summed E-state index contributed by atoms with van der Waals surface area (Å²) in [7, 11) is 1.88. The molecule has 0 saturated carbocycles. The van der Waals surface area contributed by atoms with Crippen molar-refractivity contribution in [1.82, 2.24) is 10.2 Å². The van der Waals surface area contributed by atoms with E-state index in [4.69, 9.17) is 0 Å². The van der Waals surface area contributed by atoms with E-state index in [1.165, 1.54) is 5.56 Å². The first-order valence-electron chi connectivity index (χ1n) is 6.72. The van der Waals surface area contributed by atoms with Gasteiger partial charge in [0.05, 0.1) is 6.54 Å². The van der Waals surface area contributed by atoms with Gasteiger partial charge in [-0.3, -0.25) is 4.79 Å². The second-order valence-electron chi connectivity index (χ2n) is 4.58. The Balaban J connectivity index is 2.16. The highest BCUT2D eigenvalue weighted by molar-refractivity contribution is 5.77. The first kappa shape index (κ1) is 14.7. The molecular formula is C15H24N2O. The summed E-state index contributed by atoms with van der Waals surface area (Å²) in [4.78, 5) is 13.5. The van der Waals surface area contributed by atoms with E-state index in [1.54, 1.807) is 0 Å². The lowest BCUT2D eigenvalue weighted by molar-refractivity contribution is -0.129. The lowest BCUT2D eigenvalue weighted by atomic mass is 10.1. The molecule has 3 nitrogen and oxygen atoms in total. The Morgan fingerprint density at radius 3 is 2.67 bits per heavy atom. The van der Waals surface area contributed by atoms with Crippen molar-refractivity contribution in [3.8, 4) is 0 Å². The lowest BCUT2D eigenvalue weighted by Gasteiger charge is -2.17. The fourth-order valence-electron chi connectivity index (χ4n) is 1.80. The van der Waals surface area contributed by atoms with Crippen LogP contribution in [0.15, 0.2) is 30.3 Å². The number of nitrogens with one attached hydrogen (secondary N) is 1. The number of likely N-dealkylation sites (N-methyl/N-ethyl adjacent to an activating group) is 1. The monoisotopic (exact) mass is 248 g/mol. The molecule has 0 aliphatic heterocycles. The van der Waals surface area contributed by atoms with Gasteiger partial charge in [0.25, 0.3) is 0 Å². The summed E-state index contributed by atoms with van der Waals surface area (Å²) in [6.07, 6.45) is 3.10. The van der Waals surface area contributed by atoms with E-state index in [2.05, 4.69) is 36.5 Å². The van der Waals surface area contributed by atoms with Gasteiger partial charge in [-0.15, -0.1) is 0 Å². The molecule has 3 heteroatoms. The molecule has 1 amide bonds. The van der Waals surface area contributed by atoms with Gasteiger partial charge in [0.15, 0.2) is 0 Å². The average Bonchev–Trinajstić information content (AvgIpc) is 2.40. The molecule has 0 aliphatic carbocycles. The fraction of sp³-hybridized carbons (Fsp3) is 0.533. The van der Waals surface area contributed by atoms with Gasteiger partial charge in [-0.05, 0) is 31.4 Å². The molecule has 0 heterocycles. The predicted molar refractivity (Wildman–Crippen MR) is 75.6 cm³/mol. The molecule has 0 fully saturated rings. The number of rotatable bonds is 8. The molecule has 18 heavy (non-hydrogen) atoms. The van der Waals surface area contributed by atoms with Crippen molar-refractivity contribution in [2.45, 2.75) is 26.2 Å². The standard InChI is InChI=1S/C15H24N2O/c1-3-11-16-13-15(18)17(2)12-7-10-14-8-5-4-6-9-14/h4-6,8-9,16H,3,7,10-13H2,1-2H3. The summed E-state index contributed by atoms with van der Waals surface area (Å²) >= 11 is 0. The van der Waals surface area contributed by atoms with E-state index in [-0.39, 0.29) is 5.91 Å². The summed E-state index contributed by atoms with van der Waals surface area (Å²) in [5.41, 5.74) is 1.34. The molecule has 0 unspecified atom stereocenters. The molecule has 0 bridgehead atoms. The Hall–Kier alpha value is -1.35. The number of carbonyl (C=O) groups is 1. The molecular weight excluding hydrogens is 224 g/mol.